The van der Waals surface area contributed by atoms with Crippen molar-refractivity contribution in [2.45, 2.75) is 32.2 Å². The molecule has 9 heteroatoms. The Labute approximate surface area is 118 Å². The van der Waals surface area contributed by atoms with Crippen molar-refractivity contribution in [1.29, 1.82) is 0 Å². The number of aromatic nitrogens is 4. The molecular formula is C12H13N5O4. The molecule has 9 nitrogen and oxygen atoms in total. The highest BCUT2D eigenvalue weighted by atomic mass is 16.5. The Morgan fingerprint density at radius 1 is 1.38 bits per heavy atom. The van der Waals surface area contributed by atoms with E-state index in [4.69, 9.17) is 9.63 Å². The van der Waals surface area contributed by atoms with Gasteiger partial charge >= 0.3 is 5.97 Å². The number of hydrogen-bond donors (Lipinski definition) is 2. The van der Waals surface area contributed by atoms with Gasteiger partial charge in [0.1, 0.15) is 18.6 Å². The molecule has 0 fully saturated rings. The van der Waals surface area contributed by atoms with Gasteiger partial charge in [0.15, 0.2) is 5.69 Å². The van der Waals surface area contributed by atoms with E-state index in [0.29, 0.717) is 0 Å². The van der Waals surface area contributed by atoms with Gasteiger partial charge in [-0.05, 0) is 19.3 Å². The van der Waals surface area contributed by atoms with E-state index in [9.17, 15) is 9.59 Å². The summed E-state index contributed by atoms with van der Waals surface area (Å²) in [4.78, 5) is 26.5. The number of fused-ring (bicyclic) bond motifs is 1. The molecule has 0 aliphatic heterocycles. The molecule has 1 aliphatic rings. The van der Waals surface area contributed by atoms with Gasteiger partial charge in [0.2, 0.25) is 5.95 Å². The Balaban J connectivity index is 1.73. The highest BCUT2D eigenvalue weighted by Gasteiger charge is 2.24. The lowest BCUT2D eigenvalue weighted by Crippen LogP contribution is -2.17. The molecule has 0 atom stereocenters. The van der Waals surface area contributed by atoms with Crippen LogP contribution in [0.25, 0.3) is 0 Å². The molecule has 0 unspecified atom stereocenters. The average molecular weight is 291 g/mol. The van der Waals surface area contributed by atoms with Crippen molar-refractivity contribution in [3.63, 3.8) is 0 Å². The van der Waals surface area contributed by atoms with Crippen LogP contribution in [0.4, 0.5) is 5.95 Å². The lowest BCUT2D eigenvalue weighted by Gasteiger charge is -2.08. The number of nitrogens with one attached hydrogen (secondary N) is 1. The van der Waals surface area contributed by atoms with Crippen molar-refractivity contribution < 1.29 is 19.2 Å². The van der Waals surface area contributed by atoms with Gasteiger partial charge < -0.3 is 9.63 Å². The third kappa shape index (κ3) is 2.76. The van der Waals surface area contributed by atoms with Gasteiger partial charge in [-0.3, -0.25) is 14.9 Å². The van der Waals surface area contributed by atoms with Gasteiger partial charge in [-0.2, -0.15) is 0 Å². The Kier molecular flexibility index (Phi) is 3.38. The monoisotopic (exact) mass is 291 g/mol. The topological polar surface area (TPSA) is 123 Å². The molecule has 2 N–H and O–H groups in total. The van der Waals surface area contributed by atoms with E-state index in [1.54, 1.807) is 0 Å². The maximum Gasteiger partial charge on any atom is 0.325 e. The third-order valence-electron chi connectivity index (χ3n) is 3.22. The molecule has 21 heavy (non-hydrogen) atoms. The van der Waals surface area contributed by atoms with Gasteiger partial charge in [-0.25, -0.2) is 9.67 Å². The van der Waals surface area contributed by atoms with Crippen LogP contribution in [0.2, 0.25) is 0 Å². The number of amides is 1. The first-order valence-corrected chi connectivity index (χ1v) is 6.53. The van der Waals surface area contributed by atoms with E-state index in [1.807, 2.05) is 0 Å². The fourth-order valence-corrected chi connectivity index (χ4v) is 2.29. The van der Waals surface area contributed by atoms with Gasteiger partial charge in [0, 0.05) is 12.0 Å². The molecule has 1 amide bonds. The summed E-state index contributed by atoms with van der Waals surface area (Å²) in [6, 6.07) is 0. The van der Waals surface area contributed by atoms with E-state index in [-0.39, 0.29) is 18.2 Å². The molecule has 3 rings (SSSR count). The molecular weight excluding hydrogens is 278 g/mol. The van der Waals surface area contributed by atoms with E-state index in [0.717, 1.165) is 41.7 Å². The van der Waals surface area contributed by atoms with E-state index in [1.165, 1.54) is 6.33 Å². The molecule has 2 aromatic rings. The number of carbonyl (C=O) groups excluding carboxylic acids is 1. The van der Waals surface area contributed by atoms with Crippen molar-refractivity contribution in [2.24, 2.45) is 0 Å². The third-order valence-corrected chi connectivity index (χ3v) is 3.22. The summed E-state index contributed by atoms with van der Waals surface area (Å²) in [5.74, 6) is -0.692. The molecule has 0 bridgehead atoms. The minimum Gasteiger partial charge on any atom is -0.480 e. The van der Waals surface area contributed by atoms with Crippen molar-refractivity contribution in [1.82, 2.24) is 19.9 Å². The highest BCUT2D eigenvalue weighted by molar-refractivity contribution is 6.02. The standard InChI is InChI=1S/C12H13N5O4/c18-9(19)5-17-6-13-12(15-17)14-11(20)10-7-3-1-2-4-8(7)21-16-10/h6H,1-5H2,(H,18,19)(H,14,15,20). The summed E-state index contributed by atoms with van der Waals surface area (Å²) in [6.07, 6.45) is 4.83. The summed E-state index contributed by atoms with van der Waals surface area (Å²) < 4.78 is 6.29. The average Bonchev–Trinajstić information content (AvgIpc) is 3.04. The van der Waals surface area contributed by atoms with Crippen LogP contribution in [-0.4, -0.2) is 36.9 Å². The summed E-state index contributed by atoms with van der Waals surface area (Å²) in [5.41, 5.74) is 1.09. The van der Waals surface area contributed by atoms with Crippen LogP contribution in [0.5, 0.6) is 0 Å². The molecule has 110 valence electrons. The first-order chi connectivity index (χ1) is 10.1. The maximum absolute atomic E-state index is 12.1. The Hall–Kier alpha value is -2.71. The molecule has 1 aliphatic carbocycles. The van der Waals surface area contributed by atoms with Gasteiger partial charge in [0.05, 0.1) is 0 Å². The Bertz CT molecular complexity index is 690. The number of aryl methyl sites for hydroxylation is 1. The fourth-order valence-electron chi connectivity index (χ4n) is 2.29. The van der Waals surface area contributed by atoms with E-state index < -0.39 is 11.9 Å². The first-order valence-electron chi connectivity index (χ1n) is 6.53. The van der Waals surface area contributed by atoms with Crippen molar-refractivity contribution >= 4 is 17.8 Å². The van der Waals surface area contributed by atoms with Crippen LogP contribution in [0.15, 0.2) is 10.9 Å². The lowest BCUT2D eigenvalue weighted by molar-refractivity contribution is -0.137. The molecule has 0 radical (unpaired) electrons. The SMILES string of the molecule is O=C(O)Cn1cnc(NC(=O)c2noc3c2CCCC3)n1. The fraction of sp³-hybridized carbons (Fsp3) is 0.417. The van der Waals surface area contributed by atoms with E-state index in [2.05, 4.69) is 20.6 Å². The summed E-state index contributed by atoms with van der Waals surface area (Å²) in [5, 5.41) is 18.8. The van der Waals surface area contributed by atoms with Crippen LogP contribution in [0.1, 0.15) is 34.7 Å². The smallest absolute Gasteiger partial charge is 0.325 e. The van der Waals surface area contributed by atoms with E-state index >= 15 is 0 Å². The number of carboxylic acid groups (broad SMARTS) is 1. The molecule has 2 heterocycles. The van der Waals surface area contributed by atoms with Crippen molar-refractivity contribution in [3.05, 3.63) is 23.3 Å². The molecule has 2 aromatic heterocycles. The number of anilines is 1. The van der Waals surface area contributed by atoms with Gasteiger partial charge in [-0.1, -0.05) is 5.16 Å². The molecule has 0 saturated heterocycles. The van der Waals surface area contributed by atoms with Gasteiger partial charge in [0.25, 0.3) is 5.91 Å². The number of aliphatic carboxylic acids is 1. The van der Waals surface area contributed by atoms with Crippen LogP contribution in [0.3, 0.4) is 0 Å². The number of carboxylic acids is 1. The minimum atomic E-state index is -1.04. The Morgan fingerprint density at radius 2 is 2.19 bits per heavy atom. The van der Waals surface area contributed by atoms with Crippen LogP contribution in [-0.2, 0) is 24.2 Å². The van der Waals surface area contributed by atoms with Crippen molar-refractivity contribution in [2.75, 3.05) is 5.32 Å². The van der Waals surface area contributed by atoms with Crippen LogP contribution >= 0.6 is 0 Å². The molecule has 0 saturated carbocycles. The quantitative estimate of drug-likeness (QED) is 0.839. The molecule has 0 spiro atoms. The summed E-state index contributed by atoms with van der Waals surface area (Å²) in [6.45, 7) is -0.317. The number of rotatable bonds is 4. The largest absolute Gasteiger partial charge is 0.480 e. The second-order valence-electron chi connectivity index (χ2n) is 4.75. The number of hydrogen-bond acceptors (Lipinski definition) is 6. The second-order valence-corrected chi connectivity index (χ2v) is 4.75. The second kappa shape index (κ2) is 5.35. The predicted octanol–water partition coefficient (Wildman–Crippen LogP) is 0.482. The number of nitrogens with zero attached hydrogens (tertiary/aromatic N) is 4. The number of carbonyl (C=O) groups is 2. The predicted molar refractivity (Wildman–Crippen MR) is 68.8 cm³/mol. The first kappa shape index (κ1) is 13.3. The zero-order valence-electron chi connectivity index (χ0n) is 11.1. The zero-order valence-corrected chi connectivity index (χ0v) is 11.1. The summed E-state index contributed by atoms with van der Waals surface area (Å²) >= 11 is 0. The van der Waals surface area contributed by atoms with Crippen molar-refractivity contribution in [3.8, 4) is 0 Å². The lowest BCUT2D eigenvalue weighted by atomic mass is 9.96. The molecule has 0 aromatic carbocycles. The van der Waals surface area contributed by atoms with Gasteiger partial charge in [-0.15, -0.1) is 5.10 Å². The zero-order chi connectivity index (χ0) is 14.8. The highest BCUT2D eigenvalue weighted by Crippen LogP contribution is 2.24. The Morgan fingerprint density at radius 3 is 3.00 bits per heavy atom. The van der Waals surface area contributed by atoms with Crippen LogP contribution < -0.4 is 5.32 Å². The maximum atomic E-state index is 12.1. The minimum absolute atomic E-state index is 0.0359. The normalized spacial score (nSPS) is 13.7. The van der Waals surface area contributed by atoms with Crippen LogP contribution in [0, 0.1) is 0 Å². The summed E-state index contributed by atoms with van der Waals surface area (Å²) in [7, 11) is 0.